The van der Waals surface area contributed by atoms with Crippen LogP contribution in [0.3, 0.4) is 0 Å². The molecule has 2 heterocycles. The van der Waals surface area contributed by atoms with E-state index in [2.05, 4.69) is 50.6 Å². The molecular formula is C14H26N8S2. The fraction of sp³-hybridized carbons (Fsp3) is 0.857. The molecule has 0 saturated carbocycles. The van der Waals surface area contributed by atoms with Crippen molar-refractivity contribution >= 4 is 25.3 Å². The summed E-state index contributed by atoms with van der Waals surface area (Å²) >= 11 is 9.38. The smallest absolute Gasteiger partial charge is 0.150 e. The summed E-state index contributed by atoms with van der Waals surface area (Å²) in [5.74, 6) is 0. The van der Waals surface area contributed by atoms with E-state index in [1.807, 2.05) is 0 Å². The van der Waals surface area contributed by atoms with E-state index in [0.29, 0.717) is 10.5 Å². The number of thiol groups is 2. The molecule has 0 spiro atoms. The Hall–Kier alpha value is -1.16. The monoisotopic (exact) mass is 370 g/mol. The predicted octanol–water partition coefficient (Wildman–Crippen LogP) is 2.44. The Kier molecular flexibility index (Phi) is 8.51. The maximum absolute atomic E-state index is 4.72. The third-order valence-electron chi connectivity index (χ3n) is 4.06. The van der Waals surface area contributed by atoms with Crippen molar-refractivity contribution in [2.45, 2.75) is 75.0 Å². The van der Waals surface area contributed by atoms with Crippen molar-refractivity contribution < 1.29 is 0 Å². The van der Waals surface area contributed by atoms with Crippen molar-refractivity contribution in [3.63, 3.8) is 0 Å². The Morgan fingerprint density at radius 1 is 0.792 bits per heavy atom. The van der Waals surface area contributed by atoms with Crippen LogP contribution in [-0.2, 0) is 0 Å². The van der Waals surface area contributed by atoms with Gasteiger partial charge < -0.3 is 0 Å². The van der Waals surface area contributed by atoms with Crippen LogP contribution in [0.25, 0.3) is 0 Å². The summed E-state index contributed by atoms with van der Waals surface area (Å²) in [5.41, 5.74) is 0. The Morgan fingerprint density at radius 2 is 1.33 bits per heavy atom. The zero-order valence-corrected chi connectivity index (χ0v) is 15.8. The van der Waals surface area contributed by atoms with E-state index in [-0.39, 0.29) is 6.17 Å². The van der Waals surface area contributed by atoms with Crippen molar-refractivity contribution in [3.05, 3.63) is 12.7 Å². The standard InChI is InChI=1S/C14H26N8S2/c1-2-3-5-12(23)8-9-13(24)6-4-7-14(21-10-15-17-19-21)22-11-16-18-20-22/h10-14,23-24H,2-9H2,1H3. The number of aromatic nitrogens is 8. The van der Waals surface area contributed by atoms with E-state index in [1.165, 1.54) is 19.3 Å². The summed E-state index contributed by atoms with van der Waals surface area (Å²) in [6.45, 7) is 2.22. The van der Waals surface area contributed by atoms with Gasteiger partial charge >= 0.3 is 0 Å². The van der Waals surface area contributed by atoms with Crippen LogP contribution in [0, 0.1) is 0 Å². The fourth-order valence-corrected chi connectivity index (χ4v) is 3.31. The summed E-state index contributed by atoms with van der Waals surface area (Å²) in [6, 6.07) is 0. The molecule has 0 bridgehead atoms. The van der Waals surface area contributed by atoms with Crippen LogP contribution in [0.15, 0.2) is 12.7 Å². The lowest BCUT2D eigenvalue weighted by molar-refractivity contribution is 0.315. The molecule has 134 valence electrons. The van der Waals surface area contributed by atoms with E-state index in [4.69, 9.17) is 12.6 Å². The van der Waals surface area contributed by atoms with Crippen molar-refractivity contribution in [1.82, 2.24) is 40.4 Å². The maximum Gasteiger partial charge on any atom is 0.150 e. The largest absolute Gasteiger partial charge is 0.208 e. The quantitative estimate of drug-likeness (QED) is 0.558. The highest BCUT2D eigenvalue weighted by molar-refractivity contribution is 7.81. The molecule has 0 radical (unpaired) electrons. The third-order valence-corrected chi connectivity index (χ3v) is 5.10. The molecule has 0 aliphatic heterocycles. The number of hydrogen-bond acceptors (Lipinski definition) is 8. The summed E-state index contributed by atoms with van der Waals surface area (Å²) in [7, 11) is 0. The molecule has 2 rings (SSSR count). The second-order valence-corrected chi connectivity index (χ2v) is 7.48. The summed E-state index contributed by atoms with van der Waals surface area (Å²) in [5, 5.41) is 23.6. The summed E-state index contributed by atoms with van der Waals surface area (Å²) < 4.78 is 3.36. The molecule has 2 aromatic heterocycles. The van der Waals surface area contributed by atoms with E-state index >= 15 is 0 Å². The average Bonchev–Trinajstić information content (AvgIpc) is 3.28. The first kappa shape index (κ1) is 19.2. The van der Waals surface area contributed by atoms with Gasteiger partial charge in [-0.15, -0.1) is 10.2 Å². The van der Waals surface area contributed by atoms with E-state index in [1.54, 1.807) is 22.0 Å². The van der Waals surface area contributed by atoms with Crippen LogP contribution in [0.4, 0.5) is 0 Å². The van der Waals surface area contributed by atoms with Crippen LogP contribution < -0.4 is 0 Å². The van der Waals surface area contributed by atoms with Gasteiger partial charge in [-0.1, -0.05) is 19.8 Å². The fourth-order valence-electron chi connectivity index (χ4n) is 2.64. The molecule has 0 fully saturated rings. The van der Waals surface area contributed by atoms with Gasteiger partial charge in [0.05, 0.1) is 0 Å². The van der Waals surface area contributed by atoms with Gasteiger partial charge in [0, 0.05) is 10.5 Å². The lowest BCUT2D eigenvalue weighted by atomic mass is 10.0. The van der Waals surface area contributed by atoms with E-state index < -0.39 is 0 Å². The van der Waals surface area contributed by atoms with Gasteiger partial charge in [-0.05, 0) is 59.4 Å². The minimum atomic E-state index is -0.0993. The highest BCUT2D eigenvalue weighted by atomic mass is 32.1. The highest BCUT2D eigenvalue weighted by Crippen LogP contribution is 2.22. The molecule has 10 heteroatoms. The topological polar surface area (TPSA) is 87.2 Å². The molecule has 2 aromatic rings. The summed E-state index contributed by atoms with van der Waals surface area (Å²) in [4.78, 5) is 0. The van der Waals surface area contributed by atoms with Crippen LogP contribution in [0.2, 0.25) is 0 Å². The predicted molar refractivity (Wildman–Crippen MR) is 98.2 cm³/mol. The molecule has 0 aliphatic rings. The number of rotatable bonds is 12. The molecule has 24 heavy (non-hydrogen) atoms. The Balaban J connectivity index is 1.73. The number of hydrogen-bond donors (Lipinski definition) is 2. The zero-order valence-electron chi connectivity index (χ0n) is 14.0. The van der Waals surface area contributed by atoms with Crippen LogP contribution in [0.1, 0.15) is 64.5 Å². The molecule has 2 unspecified atom stereocenters. The van der Waals surface area contributed by atoms with Crippen molar-refractivity contribution in [2.75, 3.05) is 0 Å². The van der Waals surface area contributed by atoms with Gasteiger partial charge in [-0.2, -0.15) is 25.3 Å². The third kappa shape index (κ3) is 6.39. The first-order valence-electron chi connectivity index (χ1n) is 8.51. The minimum absolute atomic E-state index is 0.0993. The molecule has 0 aliphatic carbocycles. The number of unbranched alkanes of at least 4 members (excludes halogenated alkanes) is 1. The average molecular weight is 371 g/mol. The SMILES string of the molecule is CCCCC(S)CCC(S)CCCC(n1cnnn1)n1cnnn1. The highest BCUT2D eigenvalue weighted by Gasteiger charge is 2.16. The van der Waals surface area contributed by atoms with Crippen molar-refractivity contribution in [1.29, 1.82) is 0 Å². The van der Waals surface area contributed by atoms with Crippen molar-refractivity contribution in [2.24, 2.45) is 0 Å². The normalized spacial score (nSPS) is 14.2. The Morgan fingerprint density at radius 3 is 1.79 bits per heavy atom. The second kappa shape index (κ2) is 10.7. The second-order valence-electron chi connectivity index (χ2n) is 6.02. The molecule has 0 saturated heterocycles. The van der Waals surface area contributed by atoms with E-state index in [9.17, 15) is 0 Å². The lowest BCUT2D eigenvalue weighted by Crippen LogP contribution is -2.20. The van der Waals surface area contributed by atoms with E-state index in [0.717, 1.165) is 32.1 Å². The summed E-state index contributed by atoms with van der Waals surface area (Å²) in [6.07, 6.45) is 11.9. The maximum atomic E-state index is 4.72. The molecule has 2 atom stereocenters. The first-order chi connectivity index (χ1) is 11.7. The van der Waals surface area contributed by atoms with Gasteiger partial charge in [-0.3, -0.25) is 0 Å². The molecular weight excluding hydrogens is 344 g/mol. The molecule has 0 amide bonds. The number of nitrogens with zero attached hydrogens (tertiary/aromatic N) is 8. The van der Waals surface area contributed by atoms with Gasteiger partial charge in [0.25, 0.3) is 0 Å². The Bertz CT molecular complexity index is 499. The molecule has 0 aromatic carbocycles. The molecule has 0 N–H and O–H groups in total. The first-order valence-corrected chi connectivity index (χ1v) is 9.55. The van der Waals surface area contributed by atoms with Crippen molar-refractivity contribution in [3.8, 4) is 0 Å². The lowest BCUT2D eigenvalue weighted by Gasteiger charge is -2.17. The van der Waals surface area contributed by atoms with Gasteiger partial charge in [-0.25, -0.2) is 9.36 Å². The van der Waals surface area contributed by atoms with Crippen LogP contribution in [-0.4, -0.2) is 50.9 Å². The van der Waals surface area contributed by atoms with Gasteiger partial charge in [0.2, 0.25) is 0 Å². The number of tetrazole rings is 2. The van der Waals surface area contributed by atoms with Gasteiger partial charge in [0.1, 0.15) is 12.7 Å². The molecule has 8 nitrogen and oxygen atoms in total. The zero-order chi connectivity index (χ0) is 17.2. The van der Waals surface area contributed by atoms with Gasteiger partial charge in [0.15, 0.2) is 6.17 Å². The Labute approximate surface area is 153 Å². The van der Waals surface area contributed by atoms with Crippen LogP contribution >= 0.6 is 25.3 Å². The van der Waals surface area contributed by atoms with Crippen LogP contribution in [0.5, 0.6) is 0 Å². The minimum Gasteiger partial charge on any atom is -0.208 e.